The predicted molar refractivity (Wildman–Crippen MR) is 73.7 cm³/mol. The number of rotatable bonds is 5. The van der Waals surface area contributed by atoms with Crippen molar-refractivity contribution in [3.8, 4) is 11.5 Å². The van der Waals surface area contributed by atoms with Crippen molar-refractivity contribution in [2.24, 2.45) is 0 Å². The van der Waals surface area contributed by atoms with E-state index in [1.165, 1.54) is 0 Å². The number of nitrogens with zero attached hydrogens (tertiary/aromatic N) is 3. The Morgan fingerprint density at radius 2 is 2.00 bits per heavy atom. The van der Waals surface area contributed by atoms with E-state index < -0.39 is 0 Å². The molecule has 96 valence electrons. The summed E-state index contributed by atoms with van der Waals surface area (Å²) in [5.74, 6) is 1.54. The Morgan fingerprint density at radius 1 is 1.22 bits per heavy atom. The smallest absolute Gasteiger partial charge is 0.276 e. The third-order valence-corrected chi connectivity index (χ3v) is 3.34. The minimum absolute atomic E-state index is 0.598. The van der Waals surface area contributed by atoms with E-state index in [2.05, 4.69) is 15.1 Å². The molecule has 1 heterocycles. The molecule has 0 saturated carbocycles. The lowest BCUT2D eigenvalue weighted by molar-refractivity contribution is 0.434. The van der Waals surface area contributed by atoms with E-state index in [0.29, 0.717) is 11.1 Å². The summed E-state index contributed by atoms with van der Waals surface area (Å²) in [6.45, 7) is 3.03. The highest BCUT2D eigenvalue weighted by Crippen LogP contribution is 2.25. The van der Waals surface area contributed by atoms with Crippen LogP contribution in [-0.2, 0) is 0 Å². The van der Waals surface area contributed by atoms with Gasteiger partial charge in [0.05, 0.1) is 0 Å². The molecule has 0 spiro atoms. The topological polar surface area (TPSA) is 42.2 Å². The third kappa shape index (κ3) is 3.34. The Kier molecular flexibility index (Phi) is 4.38. The van der Waals surface area contributed by atoms with Crippen molar-refractivity contribution in [2.45, 2.75) is 12.1 Å². The van der Waals surface area contributed by atoms with Crippen LogP contribution in [0.15, 0.2) is 33.9 Å². The average Bonchev–Trinajstić information content (AvgIpc) is 2.78. The van der Waals surface area contributed by atoms with Crippen molar-refractivity contribution >= 4 is 11.8 Å². The van der Waals surface area contributed by atoms with Crippen LogP contribution in [0.25, 0.3) is 11.5 Å². The van der Waals surface area contributed by atoms with Crippen molar-refractivity contribution in [1.82, 2.24) is 15.1 Å². The van der Waals surface area contributed by atoms with Crippen LogP contribution in [0.5, 0.6) is 0 Å². The highest BCUT2D eigenvalue weighted by molar-refractivity contribution is 7.99. The first-order chi connectivity index (χ1) is 8.66. The van der Waals surface area contributed by atoms with Crippen LogP contribution < -0.4 is 0 Å². The van der Waals surface area contributed by atoms with Gasteiger partial charge in [-0.3, -0.25) is 0 Å². The summed E-state index contributed by atoms with van der Waals surface area (Å²) < 4.78 is 5.65. The molecule has 2 aromatic rings. The predicted octanol–water partition coefficient (Wildman–Crippen LogP) is 2.70. The SMILES string of the molecule is Cc1ccccc1-c1nnc(SCCN(C)C)o1. The van der Waals surface area contributed by atoms with Crippen LogP contribution in [0, 0.1) is 6.92 Å². The second kappa shape index (κ2) is 6.02. The van der Waals surface area contributed by atoms with Crippen LogP contribution in [0.4, 0.5) is 0 Å². The molecule has 0 amide bonds. The Labute approximate surface area is 111 Å². The molecule has 5 heteroatoms. The van der Waals surface area contributed by atoms with E-state index in [1.54, 1.807) is 11.8 Å². The van der Waals surface area contributed by atoms with Crippen LogP contribution in [0.2, 0.25) is 0 Å². The van der Waals surface area contributed by atoms with Gasteiger partial charge >= 0.3 is 0 Å². The summed E-state index contributed by atoms with van der Waals surface area (Å²) in [4.78, 5) is 2.13. The van der Waals surface area contributed by atoms with E-state index in [1.807, 2.05) is 45.3 Å². The monoisotopic (exact) mass is 263 g/mol. The molecule has 18 heavy (non-hydrogen) atoms. The third-order valence-electron chi connectivity index (χ3n) is 2.55. The maximum atomic E-state index is 5.65. The Morgan fingerprint density at radius 3 is 2.72 bits per heavy atom. The van der Waals surface area contributed by atoms with Crippen LogP contribution >= 0.6 is 11.8 Å². The van der Waals surface area contributed by atoms with E-state index in [-0.39, 0.29) is 0 Å². The summed E-state index contributed by atoms with van der Waals surface area (Å²) in [6.07, 6.45) is 0. The summed E-state index contributed by atoms with van der Waals surface area (Å²) >= 11 is 1.59. The second-order valence-electron chi connectivity index (χ2n) is 4.34. The van der Waals surface area contributed by atoms with Crippen LogP contribution in [0.3, 0.4) is 0 Å². The highest BCUT2D eigenvalue weighted by Gasteiger charge is 2.10. The number of hydrogen-bond acceptors (Lipinski definition) is 5. The number of hydrogen-bond donors (Lipinski definition) is 0. The van der Waals surface area contributed by atoms with Crippen LogP contribution in [0.1, 0.15) is 5.56 Å². The van der Waals surface area contributed by atoms with Gasteiger partial charge in [-0.2, -0.15) is 0 Å². The summed E-state index contributed by atoms with van der Waals surface area (Å²) in [5.41, 5.74) is 2.15. The number of benzene rings is 1. The fourth-order valence-corrected chi connectivity index (χ4v) is 2.37. The maximum absolute atomic E-state index is 5.65. The van der Waals surface area contributed by atoms with E-state index in [4.69, 9.17) is 4.42 Å². The fraction of sp³-hybridized carbons (Fsp3) is 0.385. The quantitative estimate of drug-likeness (QED) is 0.776. The minimum Gasteiger partial charge on any atom is -0.411 e. The lowest BCUT2D eigenvalue weighted by Gasteiger charge is -2.06. The van der Waals surface area contributed by atoms with Gasteiger partial charge in [-0.05, 0) is 32.6 Å². The van der Waals surface area contributed by atoms with Gasteiger partial charge in [-0.25, -0.2) is 0 Å². The number of aromatic nitrogens is 2. The summed E-state index contributed by atoms with van der Waals surface area (Å²) in [6, 6.07) is 8.02. The molecule has 0 fully saturated rings. The van der Waals surface area contributed by atoms with E-state index in [0.717, 1.165) is 23.4 Å². The average molecular weight is 263 g/mol. The zero-order valence-electron chi connectivity index (χ0n) is 10.9. The number of thioether (sulfide) groups is 1. The molecule has 0 saturated heterocycles. The van der Waals surface area contributed by atoms with Gasteiger partial charge in [-0.1, -0.05) is 30.0 Å². The van der Waals surface area contributed by atoms with Gasteiger partial charge < -0.3 is 9.32 Å². The van der Waals surface area contributed by atoms with Crippen molar-refractivity contribution in [3.05, 3.63) is 29.8 Å². The molecule has 1 aromatic heterocycles. The van der Waals surface area contributed by atoms with Gasteiger partial charge in [0.1, 0.15) is 0 Å². The first-order valence-electron chi connectivity index (χ1n) is 5.84. The second-order valence-corrected chi connectivity index (χ2v) is 5.39. The zero-order valence-corrected chi connectivity index (χ0v) is 11.7. The lowest BCUT2D eigenvalue weighted by atomic mass is 10.1. The number of aryl methyl sites for hydroxylation is 1. The normalized spacial score (nSPS) is 11.1. The molecule has 4 nitrogen and oxygen atoms in total. The molecule has 0 atom stereocenters. The molecule has 0 bridgehead atoms. The Balaban J connectivity index is 2.04. The molecule has 0 aliphatic heterocycles. The molecular weight excluding hydrogens is 246 g/mol. The van der Waals surface area contributed by atoms with Crippen molar-refractivity contribution in [1.29, 1.82) is 0 Å². The molecule has 0 N–H and O–H groups in total. The highest BCUT2D eigenvalue weighted by atomic mass is 32.2. The molecule has 2 rings (SSSR count). The first kappa shape index (κ1) is 13.1. The molecule has 0 aliphatic carbocycles. The summed E-state index contributed by atoms with van der Waals surface area (Å²) in [7, 11) is 4.10. The van der Waals surface area contributed by atoms with E-state index in [9.17, 15) is 0 Å². The van der Waals surface area contributed by atoms with Crippen molar-refractivity contribution in [2.75, 3.05) is 26.4 Å². The van der Waals surface area contributed by atoms with Crippen molar-refractivity contribution in [3.63, 3.8) is 0 Å². The minimum atomic E-state index is 0.598. The largest absolute Gasteiger partial charge is 0.411 e. The Hall–Kier alpha value is -1.33. The molecule has 0 unspecified atom stereocenters. The van der Waals surface area contributed by atoms with Gasteiger partial charge in [0.15, 0.2) is 0 Å². The standard InChI is InChI=1S/C13H17N3OS/c1-10-6-4-5-7-11(10)12-14-15-13(17-12)18-9-8-16(2)3/h4-7H,8-9H2,1-3H3. The van der Waals surface area contributed by atoms with Crippen LogP contribution in [-0.4, -0.2) is 41.5 Å². The van der Waals surface area contributed by atoms with Gasteiger partial charge in [-0.15, -0.1) is 10.2 Å². The molecule has 0 aliphatic rings. The molecule has 1 aromatic carbocycles. The molecule has 0 radical (unpaired) electrons. The Bertz CT molecular complexity index is 510. The summed E-state index contributed by atoms with van der Waals surface area (Å²) in [5, 5.41) is 8.79. The fourth-order valence-electron chi connectivity index (χ4n) is 1.51. The first-order valence-corrected chi connectivity index (χ1v) is 6.82. The van der Waals surface area contributed by atoms with Crippen molar-refractivity contribution < 1.29 is 4.42 Å². The zero-order chi connectivity index (χ0) is 13.0. The van der Waals surface area contributed by atoms with Gasteiger partial charge in [0.2, 0.25) is 5.89 Å². The van der Waals surface area contributed by atoms with Gasteiger partial charge in [0.25, 0.3) is 5.22 Å². The maximum Gasteiger partial charge on any atom is 0.276 e. The van der Waals surface area contributed by atoms with Gasteiger partial charge in [0, 0.05) is 17.9 Å². The lowest BCUT2D eigenvalue weighted by Crippen LogP contribution is -2.14. The molecular formula is C13H17N3OS. The van der Waals surface area contributed by atoms with E-state index >= 15 is 0 Å².